The van der Waals surface area contributed by atoms with Gasteiger partial charge in [0.05, 0.1) is 0 Å². The molecule has 2 fully saturated rings. The van der Waals surface area contributed by atoms with E-state index in [1.165, 1.54) is 24.1 Å². The predicted molar refractivity (Wildman–Crippen MR) is 127 cm³/mol. The van der Waals surface area contributed by atoms with E-state index >= 15 is 0 Å². The minimum Gasteiger partial charge on any atom is -0.375 e. The van der Waals surface area contributed by atoms with Crippen molar-refractivity contribution in [2.45, 2.75) is 64.2 Å². The lowest BCUT2D eigenvalue weighted by Gasteiger charge is -2.49. The van der Waals surface area contributed by atoms with E-state index < -0.39 is 0 Å². The Balaban J connectivity index is 1.49. The third kappa shape index (κ3) is 2.70. The molecule has 0 aromatic heterocycles. The second kappa shape index (κ2) is 6.74. The molecule has 4 aliphatic rings. The fourth-order valence-corrected chi connectivity index (χ4v) is 9.47. The first-order valence-corrected chi connectivity index (χ1v) is 12.5. The Kier molecular flexibility index (Phi) is 4.63. The van der Waals surface area contributed by atoms with Crippen LogP contribution in [-0.4, -0.2) is 22.8 Å². The summed E-state index contributed by atoms with van der Waals surface area (Å²) >= 11 is 4.25. The minimum absolute atomic E-state index is 0.274. The number of fused-ring (bicyclic) bond motifs is 3. The summed E-state index contributed by atoms with van der Waals surface area (Å²) < 4.78 is 0. The fraction of sp³-hybridized carbons (Fsp3) is 0.630. The van der Waals surface area contributed by atoms with Crippen LogP contribution in [-0.2, 0) is 0 Å². The van der Waals surface area contributed by atoms with Gasteiger partial charge in [0.15, 0.2) is 0 Å². The van der Waals surface area contributed by atoms with Crippen molar-refractivity contribution in [1.82, 2.24) is 4.90 Å². The summed E-state index contributed by atoms with van der Waals surface area (Å²) in [4.78, 5) is 3.23. The fourth-order valence-electron chi connectivity index (χ4n) is 8.12. The third-order valence-electron chi connectivity index (χ3n) is 9.51. The van der Waals surface area contributed by atoms with Gasteiger partial charge in [0.1, 0.15) is 0 Å². The third-order valence-corrected chi connectivity index (χ3v) is 10.8. The lowest BCUT2D eigenvalue weighted by atomic mass is 9.59. The average molecular weight is 454 g/mol. The van der Waals surface area contributed by atoms with Crippen LogP contribution >= 0.6 is 15.9 Å². The molecule has 0 N–H and O–H groups in total. The summed E-state index contributed by atoms with van der Waals surface area (Å²) in [6, 6.07) is 9.73. The highest BCUT2D eigenvalue weighted by molar-refractivity contribution is 9.09. The molecule has 2 heteroatoms. The topological polar surface area (TPSA) is 3.24 Å². The van der Waals surface area contributed by atoms with Gasteiger partial charge in [-0.2, -0.15) is 0 Å². The summed E-state index contributed by atoms with van der Waals surface area (Å²) in [5.74, 6) is 4.42. The SMILES string of the molecule is CC1=C(C)N(C)C2CC3C(CC(C)C3C(C)(C)C3C=Cc4ccccc43)C(Br)C12. The van der Waals surface area contributed by atoms with Crippen molar-refractivity contribution in [2.75, 3.05) is 7.05 Å². The summed E-state index contributed by atoms with van der Waals surface area (Å²) in [6.45, 7) is 12.4. The van der Waals surface area contributed by atoms with Crippen LogP contribution in [0.15, 0.2) is 41.6 Å². The summed E-state index contributed by atoms with van der Waals surface area (Å²) in [7, 11) is 2.33. The molecule has 8 unspecified atom stereocenters. The Morgan fingerprint density at radius 1 is 1.07 bits per heavy atom. The zero-order valence-corrected chi connectivity index (χ0v) is 20.4. The molecule has 0 radical (unpaired) electrons. The quantitative estimate of drug-likeness (QED) is 0.431. The molecule has 1 aliphatic heterocycles. The van der Waals surface area contributed by atoms with Gasteiger partial charge in [-0.3, -0.25) is 0 Å². The van der Waals surface area contributed by atoms with Gasteiger partial charge in [-0.25, -0.2) is 0 Å². The Labute approximate surface area is 185 Å². The van der Waals surface area contributed by atoms with E-state index in [0.29, 0.717) is 22.7 Å². The summed E-state index contributed by atoms with van der Waals surface area (Å²) in [6.07, 6.45) is 7.61. The molecular formula is C27H36BrN. The molecule has 0 bridgehead atoms. The highest BCUT2D eigenvalue weighted by atomic mass is 79.9. The number of hydrogen-bond acceptors (Lipinski definition) is 1. The number of benzene rings is 1. The molecule has 1 heterocycles. The van der Waals surface area contributed by atoms with E-state index in [0.717, 1.165) is 23.7 Å². The first kappa shape index (κ1) is 19.9. The van der Waals surface area contributed by atoms with Gasteiger partial charge in [0.25, 0.3) is 0 Å². The molecule has 0 amide bonds. The van der Waals surface area contributed by atoms with Crippen LogP contribution in [0.25, 0.3) is 6.08 Å². The zero-order chi connectivity index (χ0) is 20.7. The van der Waals surface area contributed by atoms with Gasteiger partial charge in [-0.05, 0) is 72.5 Å². The Morgan fingerprint density at radius 3 is 2.55 bits per heavy atom. The Bertz CT molecular complexity index is 880. The van der Waals surface area contributed by atoms with Crippen LogP contribution in [0.1, 0.15) is 64.5 Å². The minimum atomic E-state index is 0.274. The Hall–Kier alpha value is -1.02. The maximum absolute atomic E-state index is 4.25. The number of rotatable bonds is 2. The molecule has 156 valence electrons. The molecule has 1 aromatic rings. The number of allylic oxidation sites excluding steroid dienone is 2. The molecule has 3 aliphatic carbocycles. The van der Waals surface area contributed by atoms with Gasteiger partial charge in [-0.1, -0.05) is 73.1 Å². The van der Waals surface area contributed by atoms with E-state index in [1.807, 2.05) is 0 Å². The van der Waals surface area contributed by atoms with E-state index in [4.69, 9.17) is 0 Å². The second-order valence-corrected chi connectivity index (χ2v) is 12.1. The number of hydrogen-bond donors (Lipinski definition) is 0. The van der Waals surface area contributed by atoms with Crippen molar-refractivity contribution in [1.29, 1.82) is 0 Å². The van der Waals surface area contributed by atoms with Gasteiger partial charge < -0.3 is 4.90 Å². The van der Waals surface area contributed by atoms with Gasteiger partial charge >= 0.3 is 0 Å². The second-order valence-electron chi connectivity index (χ2n) is 11.0. The number of alkyl halides is 1. The molecule has 8 atom stereocenters. The van der Waals surface area contributed by atoms with E-state index in [2.05, 4.69) is 98.9 Å². The maximum Gasteiger partial charge on any atom is 0.0363 e. The first-order chi connectivity index (χ1) is 13.7. The molecule has 2 saturated carbocycles. The zero-order valence-electron chi connectivity index (χ0n) is 18.8. The average Bonchev–Trinajstić information content (AvgIpc) is 3.32. The summed E-state index contributed by atoms with van der Waals surface area (Å²) in [5.41, 5.74) is 6.39. The van der Waals surface area contributed by atoms with Crippen molar-refractivity contribution in [3.05, 3.63) is 52.7 Å². The first-order valence-electron chi connectivity index (χ1n) is 11.5. The van der Waals surface area contributed by atoms with Crippen LogP contribution in [0.4, 0.5) is 0 Å². The van der Waals surface area contributed by atoms with Gasteiger partial charge in [0, 0.05) is 35.4 Å². The smallest absolute Gasteiger partial charge is 0.0363 e. The van der Waals surface area contributed by atoms with Crippen LogP contribution in [0, 0.1) is 35.0 Å². The van der Waals surface area contributed by atoms with Crippen LogP contribution < -0.4 is 0 Å². The van der Waals surface area contributed by atoms with Crippen LogP contribution in [0.2, 0.25) is 0 Å². The van der Waals surface area contributed by atoms with Crippen LogP contribution in [0.3, 0.4) is 0 Å². The lowest BCUT2D eigenvalue weighted by molar-refractivity contribution is 0.0538. The lowest BCUT2D eigenvalue weighted by Crippen LogP contribution is -2.48. The molecule has 5 rings (SSSR count). The molecule has 0 saturated heterocycles. The highest BCUT2D eigenvalue weighted by Crippen LogP contribution is 2.63. The van der Waals surface area contributed by atoms with E-state index in [1.54, 1.807) is 11.1 Å². The molecule has 1 aromatic carbocycles. The van der Waals surface area contributed by atoms with Crippen molar-refractivity contribution >= 4 is 22.0 Å². The molecular weight excluding hydrogens is 418 g/mol. The van der Waals surface area contributed by atoms with Gasteiger partial charge in [0.2, 0.25) is 0 Å². The number of nitrogens with zero attached hydrogens (tertiary/aromatic N) is 1. The molecule has 29 heavy (non-hydrogen) atoms. The van der Waals surface area contributed by atoms with Crippen molar-refractivity contribution in [3.63, 3.8) is 0 Å². The maximum atomic E-state index is 4.25. The highest BCUT2D eigenvalue weighted by Gasteiger charge is 2.58. The monoisotopic (exact) mass is 453 g/mol. The van der Waals surface area contributed by atoms with E-state index in [-0.39, 0.29) is 5.41 Å². The largest absolute Gasteiger partial charge is 0.375 e. The summed E-state index contributed by atoms with van der Waals surface area (Å²) in [5, 5.41) is 0. The van der Waals surface area contributed by atoms with Crippen molar-refractivity contribution < 1.29 is 0 Å². The molecule has 1 nitrogen and oxygen atoms in total. The Morgan fingerprint density at radius 2 is 1.79 bits per heavy atom. The molecule has 0 spiro atoms. The van der Waals surface area contributed by atoms with Crippen molar-refractivity contribution in [2.24, 2.45) is 35.0 Å². The standard InChI is InChI=1S/C27H36BrN/c1-15-13-21-20(14-23-24(26(21)28)16(2)17(3)29(23)6)25(15)27(4,5)22-12-11-18-9-7-8-10-19(18)22/h7-12,15,20-26H,13-14H2,1-6H3. The predicted octanol–water partition coefficient (Wildman–Crippen LogP) is 7.10. The number of halogens is 1. The van der Waals surface area contributed by atoms with Crippen LogP contribution in [0.5, 0.6) is 0 Å². The normalized spacial score (nSPS) is 41.0. The van der Waals surface area contributed by atoms with E-state index in [9.17, 15) is 0 Å². The van der Waals surface area contributed by atoms with Gasteiger partial charge in [-0.15, -0.1) is 0 Å². The van der Waals surface area contributed by atoms with Crippen molar-refractivity contribution in [3.8, 4) is 0 Å².